The van der Waals surface area contributed by atoms with Crippen LogP contribution in [0.1, 0.15) is 23.7 Å². The predicted octanol–water partition coefficient (Wildman–Crippen LogP) is 4.50. The molecule has 0 fully saturated rings. The highest BCUT2D eigenvalue weighted by Crippen LogP contribution is 2.26. The van der Waals surface area contributed by atoms with Crippen molar-refractivity contribution in [1.82, 2.24) is 0 Å². The number of carbonyl (C=O) groups is 1. The second kappa shape index (κ2) is 7.84. The summed E-state index contributed by atoms with van der Waals surface area (Å²) in [5.41, 5.74) is 1.28. The van der Waals surface area contributed by atoms with Crippen LogP contribution in [0.15, 0.2) is 46.9 Å². The van der Waals surface area contributed by atoms with Crippen LogP contribution in [-0.4, -0.2) is 19.6 Å². The molecule has 0 unspecified atom stereocenters. The molecule has 0 atom stereocenters. The molecule has 1 amide bonds. The molecule has 0 bridgehead atoms. The summed E-state index contributed by atoms with van der Waals surface area (Å²) in [4.78, 5) is 12.2. The second-order valence-electron chi connectivity index (χ2n) is 4.68. The molecule has 0 spiro atoms. The number of hydrogen-bond donors (Lipinski definition) is 1. The van der Waals surface area contributed by atoms with Gasteiger partial charge < -0.3 is 14.8 Å². The quantitative estimate of drug-likeness (QED) is 0.821. The average molecular weight is 364 g/mol. The zero-order chi connectivity index (χ0) is 15.9. The van der Waals surface area contributed by atoms with Crippen LogP contribution in [0, 0.1) is 0 Å². The molecule has 0 saturated heterocycles. The summed E-state index contributed by atoms with van der Waals surface area (Å²) >= 11 is 3.43. The Kier molecular flexibility index (Phi) is 5.83. The van der Waals surface area contributed by atoms with E-state index in [-0.39, 0.29) is 5.91 Å². The molecule has 116 valence electrons. The third-order valence-electron chi connectivity index (χ3n) is 3.00. The molecule has 2 rings (SSSR count). The number of nitrogens with one attached hydrogen (secondary N) is 1. The van der Waals surface area contributed by atoms with Crippen LogP contribution in [0.25, 0.3) is 0 Å². The fourth-order valence-corrected chi connectivity index (χ4v) is 2.34. The number of halogens is 1. The molecule has 0 aliphatic heterocycles. The Morgan fingerprint density at radius 3 is 2.50 bits per heavy atom. The molecule has 0 saturated carbocycles. The number of amides is 1. The van der Waals surface area contributed by atoms with Gasteiger partial charge in [-0.2, -0.15) is 0 Å². The summed E-state index contributed by atoms with van der Waals surface area (Å²) in [6.45, 7) is 2.70. The monoisotopic (exact) mass is 363 g/mol. The lowest BCUT2D eigenvalue weighted by atomic mass is 10.2. The molecular formula is C17H18BrNO3. The topological polar surface area (TPSA) is 47.6 Å². The second-order valence-corrected chi connectivity index (χ2v) is 5.53. The lowest BCUT2D eigenvalue weighted by Gasteiger charge is -2.10. The largest absolute Gasteiger partial charge is 0.497 e. The number of anilines is 1. The van der Waals surface area contributed by atoms with E-state index in [1.165, 1.54) is 0 Å². The van der Waals surface area contributed by atoms with Gasteiger partial charge in [-0.05, 0) is 64.8 Å². The third-order valence-corrected chi connectivity index (χ3v) is 3.62. The molecule has 2 aromatic rings. The fraction of sp³-hybridized carbons (Fsp3) is 0.235. The molecule has 0 heterocycles. The van der Waals surface area contributed by atoms with E-state index in [1.807, 2.05) is 6.92 Å². The van der Waals surface area contributed by atoms with E-state index in [2.05, 4.69) is 21.2 Å². The van der Waals surface area contributed by atoms with E-state index >= 15 is 0 Å². The van der Waals surface area contributed by atoms with E-state index in [0.717, 1.165) is 22.4 Å². The minimum atomic E-state index is -0.173. The molecule has 22 heavy (non-hydrogen) atoms. The number of carbonyl (C=O) groups excluding carboxylic acids is 1. The van der Waals surface area contributed by atoms with Crippen LogP contribution in [0.4, 0.5) is 5.69 Å². The maximum absolute atomic E-state index is 12.2. The SMILES string of the molecule is CCCOc1ccc(C(=O)Nc2ccc(OC)cc2)cc1Br. The first-order valence-corrected chi connectivity index (χ1v) is 7.81. The van der Waals surface area contributed by atoms with Crippen molar-refractivity contribution in [3.8, 4) is 11.5 Å². The van der Waals surface area contributed by atoms with Crippen LogP contribution in [0.5, 0.6) is 11.5 Å². The Bertz CT molecular complexity index is 641. The molecule has 4 nitrogen and oxygen atoms in total. The Balaban J connectivity index is 2.06. The highest BCUT2D eigenvalue weighted by atomic mass is 79.9. The molecule has 0 aromatic heterocycles. The predicted molar refractivity (Wildman–Crippen MR) is 90.9 cm³/mol. The van der Waals surface area contributed by atoms with Gasteiger partial charge >= 0.3 is 0 Å². The van der Waals surface area contributed by atoms with Gasteiger partial charge in [0.1, 0.15) is 11.5 Å². The van der Waals surface area contributed by atoms with Gasteiger partial charge in [-0.3, -0.25) is 4.79 Å². The summed E-state index contributed by atoms with van der Waals surface area (Å²) in [6, 6.07) is 12.5. The van der Waals surface area contributed by atoms with Crippen molar-refractivity contribution in [1.29, 1.82) is 0 Å². The number of rotatable bonds is 6. The summed E-state index contributed by atoms with van der Waals surface area (Å²) in [6.07, 6.45) is 0.937. The number of hydrogen-bond acceptors (Lipinski definition) is 3. The van der Waals surface area contributed by atoms with E-state index in [4.69, 9.17) is 9.47 Å². The number of methoxy groups -OCH3 is 1. The zero-order valence-corrected chi connectivity index (χ0v) is 14.1. The molecule has 2 aromatic carbocycles. The minimum absolute atomic E-state index is 0.173. The van der Waals surface area contributed by atoms with Crippen molar-refractivity contribution in [3.63, 3.8) is 0 Å². The Morgan fingerprint density at radius 2 is 1.91 bits per heavy atom. The Labute approximate surface area is 138 Å². The maximum Gasteiger partial charge on any atom is 0.255 e. The van der Waals surface area contributed by atoms with Gasteiger partial charge in [0.15, 0.2) is 0 Å². The Morgan fingerprint density at radius 1 is 1.18 bits per heavy atom. The van der Waals surface area contributed by atoms with Gasteiger partial charge in [0, 0.05) is 11.3 Å². The van der Waals surface area contributed by atoms with E-state index in [0.29, 0.717) is 17.9 Å². The van der Waals surface area contributed by atoms with Crippen molar-refractivity contribution in [3.05, 3.63) is 52.5 Å². The smallest absolute Gasteiger partial charge is 0.255 e. The Hall–Kier alpha value is -2.01. The fourth-order valence-electron chi connectivity index (χ4n) is 1.85. The van der Waals surface area contributed by atoms with Crippen molar-refractivity contribution < 1.29 is 14.3 Å². The van der Waals surface area contributed by atoms with Gasteiger partial charge in [0.25, 0.3) is 5.91 Å². The van der Waals surface area contributed by atoms with Gasteiger partial charge in [-0.15, -0.1) is 0 Å². The molecule has 0 aliphatic carbocycles. The summed E-state index contributed by atoms with van der Waals surface area (Å²) in [7, 11) is 1.60. The van der Waals surface area contributed by atoms with Gasteiger partial charge in [-0.25, -0.2) is 0 Å². The normalized spacial score (nSPS) is 10.1. The van der Waals surface area contributed by atoms with Crippen LogP contribution in [0.3, 0.4) is 0 Å². The third kappa shape index (κ3) is 4.24. The standard InChI is InChI=1S/C17H18BrNO3/c1-3-10-22-16-9-4-12(11-15(16)18)17(20)19-13-5-7-14(21-2)8-6-13/h4-9,11H,3,10H2,1-2H3,(H,19,20). The first-order valence-electron chi connectivity index (χ1n) is 7.01. The molecule has 1 N–H and O–H groups in total. The van der Waals surface area contributed by atoms with Gasteiger partial charge in [0.2, 0.25) is 0 Å². The molecule has 0 radical (unpaired) electrons. The first kappa shape index (κ1) is 16.4. The summed E-state index contributed by atoms with van der Waals surface area (Å²) < 4.78 is 11.4. The lowest BCUT2D eigenvalue weighted by Crippen LogP contribution is -2.12. The van der Waals surface area contributed by atoms with E-state index < -0.39 is 0 Å². The van der Waals surface area contributed by atoms with Gasteiger partial charge in [0.05, 0.1) is 18.2 Å². The summed E-state index contributed by atoms with van der Waals surface area (Å²) in [5, 5.41) is 2.84. The maximum atomic E-state index is 12.2. The average Bonchev–Trinajstić information content (AvgIpc) is 2.54. The molecule has 0 aliphatic rings. The zero-order valence-electron chi connectivity index (χ0n) is 12.6. The van der Waals surface area contributed by atoms with E-state index in [9.17, 15) is 4.79 Å². The van der Waals surface area contributed by atoms with Gasteiger partial charge in [-0.1, -0.05) is 6.92 Å². The molecular weight excluding hydrogens is 346 g/mol. The first-order chi connectivity index (χ1) is 10.6. The molecule has 5 heteroatoms. The van der Waals surface area contributed by atoms with Crippen molar-refractivity contribution in [2.24, 2.45) is 0 Å². The van der Waals surface area contributed by atoms with Crippen molar-refractivity contribution >= 4 is 27.5 Å². The lowest BCUT2D eigenvalue weighted by molar-refractivity contribution is 0.102. The van der Waals surface area contributed by atoms with E-state index in [1.54, 1.807) is 49.6 Å². The van der Waals surface area contributed by atoms with Crippen LogP contribution in [0.2, 0.25) is 0 Å². The van der Waals surface area contributed by atoms with Crippen molar-refractivity contribution in [2.45, 2.75) is 13.3 Å². The number of ether oxygens (including phenoxy) is 2. The summed E-state index contributed by atoms with van der Waals surface area (Å²) in [5.74, 6) is 1.31. The highest BCUT2D eigenvalue weighted by Gasteiger charge is 2.09. The van der Waals surface area contributed by atoms with Crippen molar-refractivity contribution in [2.75, 3.05) is 19.0 Å². The minimum Gasteiger partial charge on any atom is -0.497 e. The van der Waals surface area contributed by atoms with Crippen LogP contribution < -0.4 is 14.8 Å². The van der Waals surface area contributed by atoms with Crippen LogP contribution >= 0.6 is 15.9 Å². The van der Waals surface area contributed by atoms with Crippen LogP contribution in [-0.2, 0) is 0 Å². The number of benzene rings is 2. The highest BCUT2D eigenvalue weighted by molar-refractivity contribution is 9.10.